The number of aliphatic hydroxyl groups is 1. The van der Waals surface area contributed by atoms with E-state index in [9.17, 15) is 13.5 Å². The third-order valence-corrected chi connectivity index (χ3v) is 7.35. The van der Waals surface area contributed by atoms with E-state index in [0.29, 0.717) is 18.8 Å². The van der Waals surface area contributed by atoms with Gasteiger partial charge in [-0.3, -0.25) is 0 Å². The Kier molecular flexibility index (Phi) is 3.43. The minimum Gasteiger partial charge on any atom is -0.384 e. The summed E-state index contributed by atoms with van der Waals surface area (Å²) in [5.74, 6) is 0.509. The maximum absolute atomic E-state index is 12.0. The highest BCUT2D eigenvalue weighted by Crippen LogP contribution is 2.54. The van der Waals surface area contributed by atoms with Crippen molar-refractivity contribution in [3.63, 3.8) is 0 Å². The number of nitrogens with two attached hydrogens (primary N) is 1. The van der Waals surface area contributed by atoms with Crippen LogP contribution >= 0.6 is 0 Å². The summed E-state index contributed by atoms with van der Waals surface area (Å²) >= 11 is 0. The predicted molar refractivity (Wildman–Crippen MR) is 82.7 cm³/mol. The van der Waals surface area contributed by atoms with E-state index in [2.05, 4.69) is 6.92 Å². The maximum atomic E-state index is 12.0. The molecule has 21 heavy (non-hydrogen) atoms. The first-order valence-corrected chi connectivity index (χ1v) is 9.38. The normalized spacial score (nSPS) is 38.1. The van der Waals surface area contributed by atoms with Crippen LogP contribution in [-0.4, -0.2) is 31.6 Å². The molecule has 3 N–H and O–H groups in total. The summed E-state index contributed by atoms with van der Waals surface area (Å²) in [4.78, 5) is 0. The minimum absolute atomic E-state index is 0.00425. The summed E-state index contributed by atoms with van der Waals surface area (Å²) in [5, 5.41) is 11.5. The van der Waals surface area contributed by atoms with Crippen LogP contribution in [0.4, 0.5) is 0 Å². The minimum atomic E-state index is -3.11. The van der Waals surface area contributed by atoms with Crippen LogP contribution in [0.1, 0.15) is 43.2 Å². The van der Waals surface area contributed by atoms with Gasteiger partial charge in [0.25, 0.3) is 0 Å². The zero-order valence-corrected chi connectivity index (χ0v) is 13.2. The molecule has 0 bridgehead atoms. The molecular weight excluding hydrogens is 286 g/mol. The largest absolute Gasteiger partial charge is 0.384 e. The molecule has 1 heterocycles. The summed E-state index contributed by atoms with van der Waals surface area (Å²) in [6.07, 6.45) is 1.89. The van der Waals surface area contributed by atoms with Crippen LogP contribution < -0.4 is 5.73 Å². The van der Waals surface area contributed by atoms with E-state index in [1.807, 2.05) is 24.3 Å². The highest BCUT2D eigenvalue weighted by atomic mass is 32.2. The van der Waals surface area contributed by atoms with E-state index in [4.69, 9.17) is 5.73 Å². The van der Waals surface area contributed by atoms with E-state index in [1.165, 1.54) is 0 Å². The lowest BCUT2D eigenvalue weighted by Gasteiger charge is -2.48. The molecule has 116 valence electrons. The van der Waals surface area contributed by atoms with Gasteiger partial charge in [-0.1, -0.05) is 31.2 Å². The van der Waals surface area contributed by atoms with Gasteiger partial charge >= 0.3 is 0 Å². The lowest BCUT2D eigenvalue weighted by molar-refractivity contribution is -0.0894. The van der Waals surface area contributed by atoms with Gasteiger partial charge in [0.05, 0.1) is 17.1 Å². The summed E-state index contributed by atoms with van der Waals surface area (Å²) in [5.41, 5.74) is 6.10. The first kappa shape index (κ1) is 15.0. The quantitative estimate of drug-likeness (QED) is 0.868. The number of hydrogen-bond donors (Lipinski definition) is 2. The van der Waals surface area contributed by atoms with Crippen LogP contribution in [0.5, 0.6) is 0 Å². The lowest BCUT2D eigenvalue weighted by Crippen LogP contribution is -2.53. The van der Waals surface area contributed by atoms with E-state index >= 15 is 0 Å². The molecule has 0 spiro atoms. The third kappa shape index (κ3) is 2.14. The molecule has 0 saturated carbocycles. The van der Waals surface area contributed by atoms with E-state index in [0.717, 1.165) is 17.5 Å². The predicted octanol–water partition coefficient (Wildman–Crippen LogP) is 1.54. The zero-order valence-electron chi connectivity index (χ0n) is 12.4. The molecule has 0 radical (unpaired) electrons. The molecule has 2 aliphatic rings. The number of rotatable bonds is 2. The van der Waals surface area contributed by atoms with Crippen molar-refractivity contribution in [2.75, 3.05) is 18.1 Å². The Labute approximate surface area is 126 Å². The Bertz CT molecular complexity index is 657. The van der Waals surface area contributed by atoms with E-state index in [1.54, 1.807) is 0 Å². The van der Waals surface area contributed by atoms with Crippen LogP contribution in [-0.2, 0) is 15.4 Å². The monoisotopic (exact) mass is 309 g/mol. The topological polar surface area (TPSA) is 80.4 Å². The maximum Gasteiger partial charge on any atom is 0.151 e. The van der Waals surface area contributed by atoms with Gasteiger partial charge in [-0.15, -0.1) is 0 Å². The van der Waals surface area contributed by atoms with Gasteiger partial charge in [-0.25, -0.2) is 8.42 Å². The molecule has 1 fully saturated rings. The lowest BCUT2D eigenvalue weighted by atomic mass is 9.61. The number of benzene rings is 1. The fourth-order valence-corrected chi connectivity index (χ4v) is 6.33. The SMILES string of the molecule is CC1CCC(O)(C2(CN)CCS(=O)(=O)C2)c2ccccc21. The van der Waals surface area contributed by atoms with Gasteiger partial charge in [-0.2, -0.15) is 0 Å². The van der Waals surface area contributed by atoms with Crippen molar-refractivity contribution >= 4 is 9.84 Å². The van der Waals surface area contributed by atoms with Crippen molar-refractivity contribution in [1.29, 1.82) is 0 Å². The molecule has 3 atom stereocenters. The standard InChI is InChI=1S/C16H23NO3S/c1-12-6-7-16(18,14-5-3-2-4-13(12)14)15(10-17)8-9-21(19,20)11-15/h2-5,12,18H,6-11,17H2,1H3. The Hall–Kier alpha value is -0.910. The molecule has 1 saturated heterocycles. The van der Waals surface area contributed by atoms with Crippen LogP contribution in [0.15, 0.2) is 24.3 Å². The molecule has 1 aromatic rings. The Morgan fingerprint density at radius 3 is 2.67 bits per heavy atom. The summed E-state index contributed by atoms with van der Waals surface area (Å²) in [6.45, 7) is 2.35. The van der Waals surface area contributed by atoms with Gasteiger partial charge in [0.1, 0.15) is 0 Å². The Morgan fingerprint density at radius 1 is 1.33 bits per heavy atom. The second-order valence-electron chi connectivity index (χ2n) is 6.71. The van der Waals surface area contributed by atoms with Crippen LogP contribution in [0.3, 0.4) is 0 Å². The van der Waals surface area contributed by atoms with Crippen LogP contribution in [0, 0.1) is 5.41 Å². The zero-order chi connectivity index (χ0) is 15.3. The summed E-state index contributed by atoms with van der Waals surface area (Å²) in [6, 6.07) is 7.86. The van der Waals surface area contributed by atoms with Crippen LogP contribution in [0.25, 0.3) is 0 Å². The summed E-state index contributed by atoms with van der Waals surface area (Å²) < 4.78 is 24.0. The molecule has 1 aliphatic carbocycles. The molecule has 1 aromatic carbocycles. The van der Waals surface area contributed by atoms with Gasteiger partial charge in [0, 0.05) is 12.0 Å². The van der Waals surface area contributed by atoms with Crippen molar-refractivity contribution in [2.45, 2.75) is 37.7 Å². The molecule has 4 nitrogen and oxygen atoms in total. The van der Waals surface area contributed by atoms with Crippen molar-refractivity contribution < 1.29 is 13.5 Å². The molecule has 5 heteroatoms. The average molecular weight is 309 g/mol. The molecule has 0 amide bonds. The van der Waals surface area contributed by atoms with Crippen molar-refractivity contribution in [3.05, 3.63) is 35.4 Å². The van der Waals surface area contributed by atoms with Crippen molar-refractivity contribution in [2.24, 2.45) is 11.1 Å². The van der Waals surface area contributed by atoms with Gasteiger partial charge < -0.3 is 10.8 Å². The first-order valence-electron chi connectivity index (χ1n) is 7.56. The summed E-state index contributed by atoms with van der Waals surface area (Å²) in [7, 11) is -3.11. The highest BCUT2D eigenvalue weighted by Gasteiger charge is 2.57. The fourth-order valence-electron chi connectivity index (χ4n) is 4.14. The van der Waals surface area contributed by atoms with Gasteiger partial charge in [-0.05, 0) is 36.3 Å². The van der Waals surface area contributed by atoms with Crippen molar-refractivity contribution in [1.82, 2.24) is 0 Å². The number of fused-ring (bicyclic) bond motifs is 1. The first-order chi connectivity index (χ1) is 9.84. The molecule has 3 rings (SSSR count). The van der Waals surface area contributed by atoms with Crippen molar-refractivity contribution in [3.8, 4) is 0 Å². The van der Waals surface area contributed by atoms with Gasteiger partial charge in [0.15, 0.2) is 9.84 Å². The average Bonchev–Trinajstić information content (AvgIpc) is 2.80. The van der Waals surface area contributed by atoms with E-state index < -0.39 is 20.9 Å². The molecular formula is C16H23NO3S. The molecule has 3 unspecified atom stereocenters. The molecule has 1 aliphatic heterocycles. The van der Waals surface area contributed by atoms with Gasteiger partial charge in [0.2, 0.25) is 0 Å². The van der Waals surface area contributed by atoms with Crippen LogP contribution in [0.2, 0.25) is 0 Å². The smallest absolute Gasteiger partial charge is 0.151 e. The second kappa shape index (κ2) is 4.80. The number of hydrogen-bond acceptors (Lipinski definition) is 4. The Balaban J connectivity index is 2.15. The Morgan fingerprint density at radius 2 is 2.05 bits per heavy atom. The number of sulfone groups is 1. The highest BCUT2D eigenvalue weighted by molar-refractivity contribution is 7.91. The second-order valence-corrected chi connectivity index (χ2v) is 8.90. The fraction of sp³-hybridized carbons (Fsp3) is 0.625. The van der Waals surface area contributed by atoms with E-state index in [-0.39, 0.29) is 18.1 Å². The molecule has 0 aromatic heterocycles. The third-order valence-electron chi connectivity index (χ3n) is 5.53.